The smallest absolute Gasteiger partial charge is 0.327 e. The van der Waals surface area contributed by atoms with Gasteiger partial charge in [0.05, 0.1) is 5.88 Å². The van der Waals surface area contributed by atoms with Crippen LogP contribution in [-0.4, -0.2) is 46.2 Å². The van der Waals surface area contributed by atoms with Gasteiger partial charge in [-0.3, -0.25) is 0 Å². The van der Waals surface area contributed by atoms with E-state index in [2.05, 4.69) is 17.2 Å². The Kier molecular flexibility index (Phi) is 4.99. The molecule has 2 N–H and O–H groups in total. The molecule has 0 aromatic heterocycles. The number of thioether (sulfide) groups is 1. The molecule has 0 aliphatic carbocycles. The normalized spacial score (nSPS) is 18.8. The predicted molar refractivity (Wildman–Crippen MR) is 62.1 cm³/mol. The van der Waals surface area contributed by atoms with Gasteiger partial charge in [-0.05, 0) is 6.92 Å². The zero-order chi connectivity index (χ0) is 12.0. The van der Waals surface area contributed by atoms with Gasteiger partial charge in [0.1, 0.15) is 6.04 Å². The van der Waals surface area contributed by atoms with Crippen molar-refractivity contribution in [1.29, 1.82) is 0 Å². The van der Waals surface area contributed by atoms with Gasteiger partial charge in [-0.1, -0.05) is 0 Å². The number of nitrogens with zero attached hydrogens (tertiary/aromatic N) is 1. The third-order valence-electron chi connectivity index (χ3n) is 2.13. The zero-order valence-electron chi connectivity index (χ0n) is 9.02. The van der Waals surface area contributed by atoms with Crippen molar-refractivity contribution in [3.8, 4) is 11.8 Å². The first-order chi connectivity index (χ1) is 7.66. The first kappa shape index (κ1) is 12.7. The number of carbonyl (C=O) groups is 2. The van der Waals surface area contributed by atoms with Gasteiger partial charge < -0.3 is 15.3 Å². The van der Waals surface area contributed by atoms with E-state index in [0.29, 0.717) is 24.6 Å². The lowest BCUT2D eigenvalue weighted by Crippen LogP contribution is -2.47. The standard InChI is InChI=1S/C10H14N2O3S/c1-2-3-4-5-11-10(15)12-7-16-6-8(12)9(13)14/h8H,4-7H2,1H3,(H,11,15)(H,13,14). The Labute approximate surface area is 98.6 Å². The summed E-state index contributed by atoms with van der Waals surface area (Å²) in [7, 11) is 0. The van der Waals surface area contributed by atoms with E-state index >= 15 is 0 Å². The van der Waals surface area contributed by atoms with Gasteiger partial charge >= 0.3 is 12.0 Å². The second-order valence-electron chi connectivity index (χ2n) is 3.23. The second-order valence-corrected chi connectivity index (χ2v) is 4.23. The molecule has 5 nitrogen and oxygen atoms in total. The van der Waals surface area contributed by atoms with Gasteiger partial charge in [-0.2, -0.15) is 0 Å². The molecule has 1 atom stereocenters. The maximum Gasteiger partial charge on any atom is 0.327 e. The Balaban J connectivity index is 2.40. The Morgan fingerprint density at radius 3 is 3.00 bits per heavy atom. The first-order valence-corrected chi connectivity index (χ1v) is 6.07. The van der Waals surface area contributed by atoms with E-state index in [1.54, 1.807) is 6.92 Å². The van der Waals surface area contributed by atoms with Crippen molar-refractivity contribution >= 4 is 23.8 Å². The minimum atomic E-state index is -0.950. The fourth-order valence-electron chi connectivity index (χ4n) is 1.31. The molecule has 0 aromatic carbocycles. The quantitative estimate of drug-likeness (QED) is 0.560. The van der Waals surface area contributed by atoms with Crippen molar-refractivity contribution in [1.82, 2.24) is 10.2 Å². The highest BCUT2D eigenvalue weighted by Crippen LogP contribution is 2.20. The Hall–Kier alpha value is -1.35. The molecule has 16 heavy (non-hydrogen) atoms. The molecule has 88 valence electrons. The van der Waals surface area contributed by atoms with Crippen LogP contribution in [0.4, 0.5) is 4.79 Å². The van der Waals surface area contributed by atoms with Gasteiger partial charge in [0, 0.05) is 18.7 Å². The van der Waals surface area contributed by atoms with E-state index in [9.17, 15) is 9.59 Å². The molecular formula is C10H14N2O3S. The zero-order valence-corrected chi connectivity index (χ0v) is 9.84. The van der Waals surface area contributed by atoms with Gasteiger partial charge in [-0.15, -0.1) is 23.6 Å². The van der Waals surface area contributed by atoms with E-state index in [1.807, 2.05) is 0 Å². The maximum atomic E-state index is 11.6. The molecular weight excluding hydrogens is 228 g/mol. The number of hydrogen-bond donors (Lipinski definition) is 2. The second kappa shape index (κ2) is 6.28. The maximum absolute atomic E-state index is 11.6. The van der Waals surface area contributed by atoms with E-state index < -0.39 is 12.0 Å². The molecule has 1 aliphatic rings. The summed E-state index contributed by atoms with van der Waals surface area (Å²) < 4.78 is 0. The van der Waals surface area contributed by atoms with Crippen LogP contribution in [0.2, 0.25) is 0 Å². The van der Waals surface area contributed by atoms with E-state index in [4.69, 9.17) is 5.11 Å². The minimum Gasteiger partial charge on any atom is -0.480 e. The number of nitrogens with one attached hydrogen (secondary N) is 1. The van der Waals surface area contributed by atoms with E-state index in [0.717, 1.165) is 0 Å². The Morgan fingerprint density at radius 1 is 1.62 bits per heavy atom. The molecule has 1 heterocycles. The van der Waals surface area contributed by atoms with Crippen LogP contribution in [0.15, 0.2) is 0 Å². The van der Waals surface area contributed by atoms with Crippen molar-refractivity contribution < 1.29 is 14.7 Å². The molecule has 0 spiro atoms. The lowest BCUT2D eigenvalue weighted by Gasteiger charge is -2.20. The third-order valence-corrected chi connectivity index (χ3v) is 3.14. The minimum absolute atomic E-state index is 0.324. The van der Waals surface area contributed by atoms with Gasteiger partial charge in [0.2, 0.25) is 0 Å². The highest BCUT2D eigenvalue weighted by Gasteiger charge is 2.34. The molecule has 1 rings (SSSR count). The molecule has 1 aliphatic heterocycles. The molecule has 0 aromatic rings. The predicted octanol–water partition coefficient (Wildman–Crippen LogP) is 0.569. The highest BCUT2D eigenvalue weighted by atomic mass is 32.2. The number of carboxylic acid groups (broad SMARTS) is 1. The summed E-state index contributed by atoms with van der Waals surface area (Å²) in [6, 6.07) is -1.03. The summed E-state index contributed by atoms with van der Waals surface area (Å²) in [5.41, 5.74) is 0. The number of hydrogen-bond acceptors (Lipinski definition) is 3. The number of amides is 2. The molecule has 1 saturated heterocycles. The fraction of sp³-hybridized carbons (Fsp3) is 0.600. The van der Waals surface area contributed by atoms with Crippen LogP contribution in [0.25, 0.3) is 0 Å². The molecule has 2 amide bonds. The van der Waals surface area contributed by atoms with Gasteiger partial charge in [-0.25, -0.2) is 9.59 Å². The summed E-state index contributed by atoms with van der Waals surface area (Å²) in [6.45, 7) is 2.19. The summed E-state index contributed by atoms with van der Waals surface area (Å²) >= 11 is 1.45. The number of aliphatic carboxylic acids is 1. The van der Waals surface area contributed by atoms with Crippen molar-refractivity contribution in [2.45, 2.75) is 19.4 Å². The molecule has 6 heteroatoms. The van der Waals surface area contributed by atoms with E-state index in [-0.39, 0.29) is 6.03 Å². The Bertz CT molecular complexity index is 335. The fourth-order valence-corrected chi connectivity index (χ4v) is 2.45. The van der Waals surface area contributed by atoms with Crippen LogP contribution in [-0.2, 0) is 4.79 Å². The van der Waals surface area contributed by atoms with Crippen LogP contribution < -0.4 is 5.32 Å². The van der Waals surface area contributed by atoms with Crippen LogP contribution in [0, 0.1) is 11.8 Å². The molecule has 0 bridgehead atoms. The molecule has 1 fully saturated rings. The SMILES string of the molecule is CC#CCCNC(=O)N1CSCC1C(=O)O. The lowest BCUT2D eigenvalue weighted by atomic mass is 10.3. The van der Waals surface area contributed by atoms with Crippen molar-refractivity contribution in [3.05, 3.63) is 0 Å². The molecule has 1 unspecified atom stereocenters. The largest absolute Gasteiger partial charge is 0.480 e. The summed E-state index contributed by atoms with van der Waals surface area (Å²) in [4.78, 5) is 23.8. The van der Waals surface area contributed by atoms with Crippen molar-refractivity contribution in [3.63, 3.8) is 0 Å². The Morgan fingerprint density at radius 2 is 2.38 bits per heavy atom. The first-order valence-electron chi connectivity index (χ1n) is 4.91. The highest BCUT2D eigenvalue weighted by molar-refractivity contribution is 7.99. The van der Waals surface area contributed by atoms with Gasteiger partial charge in [0.15, 0.2) is 0 Å². The summed E-state index contributed by atoms with van der Waals surface area (Å²) in [5, 5.41) is 11.5. The summed E-state index contributed by atoms with van der Waals surface area (Å²) in [6.07, 6.45) is 0.584. The lowest BCUT2D eigenvalue weighted by molar-refractivity contribution is -0.140. The number of carboxylic acids is 1. The van der Waals surface area contributed by atoms with Crippen LogP contribution in [0.3, 0.4) is 0 Å². The number of rotatable bonds is 3. The average molecular weight is 242 g/mol. The molecule has 0 radical (unpaired) electrons. The van der Waals surface area contributed by atoms with Crippen LogP contribution in [0.1, 0.15) is 13.3 Å². The topological polar surface area (TPSA) is 69.6 Å². The summed E-state index contributed by atoms with van der Waals surface area (Å²) in [5.74, 6) is 5.49. The monoisotopic (exact) mass is 242 g/mol. The number of urea groups is 1. The number of carbonyl (C=O) groups excluding carboxylic acids is 1. The van der Waals surface area contributed by atoms with Crippen molar-refractivity contribution in [2.75, 3.05) is 18.2 Å². The van der Waals surface area contributed by atoms with Gasteiger partial charge in [0.25, 0.3) is 0 Å². The average Bonchev–Trinajstić information content (AvgIpc) is 2.73. The van der Waals surface area contributed by atoms with Crippen LogP contribution >= 0.6 is 11.8 Å². The van der Waals surface area contributed by atoms with Crippen molar-refractivity contribution in [2.24, 2.45) is 0 Å². The third kappa shape index (κ3) is 3.35. The molecule has 0 saturated carbocycles. The van der Waals surface area contributed by atoms with E-state index in [1.165, 1.54) is 16.7 Å². The van der Waals surface area contributed by atoms with Crippen LogP contribution in [0.5, 0.6) is 0 Å².